The van der Waals surface area contributed by atoms with Crippen LogP contribution in [0.3, 0.4) is 0 Å². The summed E-state index contributed by atoms with van der Waals surface area (Å²) in [5.41, 5.74) is 7.45. The largest absolute Gasteiger partial charge is 0.348 e. The minimum absolute atomic E-state index is 0.0989. The highest BCUT2D eigenvalue weighted by atomic mass is 32.1. The second-order valence-corrected chi connectivity index (χ2v) is 6.58. The molecule has 0 bridgehead atoms. The number of hydrogen-bond acceptors (Lipinski definition) is 4. The molecule has 1 aromatic rings. The van der Waals surface area contributed by atoms with Crippen LogP contribution in [0.1, 0.15) is 43.8 Å². The van der Waals surface area contributed by atoms with Gasteiger partial charge in [-0.2, -0.15) is 0 Å². The summed E-state index contributed by atoms with van der Waals surface area (Å²) in [6, 6.07) is 0.0989. The van der Waals surface area contributed by atoms with Gasteiger partial charge in [-0.25, -0.2) is 4.98 Å². The van der Waals surface area contributed by atoms with Gasteiger partial charge in [0.25, 0.3) is 0 Å². The van der Waals surface area contributed by atoms with Crippen molar-refractivity contribution in [3.05, 3.63) is 10.6 Å². The van der Waals surface area contributed by atoms with Crippen LogP contribution in [-0.2, 0) is 0 Å². The van der Waals surface area contributed by atoms with E-state index in [1.807, 2.05) is 6.92 Å². The Morgan fingerprint density at radius 3 is 2.62 bits per heavy atom. The molecule has 0 saturated carbocycles. The Morgan fingerprint density at radius 2 is 2.19 bits per heavy atom. The van der Waals surface area contributed by atoms with Gasteiger partial charge in [0.15, 0.2) is 5.13 Å². The minimum atomic E-state index is 0.0989. The standard InChI is InChI=1S/C12H21N3S/c1-8(13)10-9(2)14-11(16-10)15-6-5-12(3,4)7-15/h8H,5-7,13H2,1-4H3. The zero-order valence-corrected chi connectivity index (χ0v) is 11.4. The highest BCUT2D eigenvalue weighted by molar-refractivity contribution is 7.15. The van der Waals surface area contributed by atoms with Crippen molar-refractivity contribution in [2.75, 3.05) is 18.0 Å². The Labute approximate surface area is 102 Å². The molecule has 1 unspecified atom stereocenters. The van der Waals surface area contributed by atoms with Crippen molar-refractivity contribution in [1.82, 2.24) is 4.98 Å². The van der Waals surface area contributed by atoms with Gasteiger partial charge in [0.05, 0.1) is 5.69 Å². The molecule has 1 saturated heterocycles. The number of nitrogens with two attached hydrogens (primary N) is 1. The van der Waals surface area contributed by atoms with Gasteiger partial charge in [0.1, 0.15) is 0 Å². The van der Waals surface area contributed by atoms with Crippen LogP contribution < -0.4 is 10.6 Å². The van der Waals surface area contributed by atoms with Crippen LogP contribution in [0.4, 0.5) is 5.13 Å². The Kier molecular flexibility index (Phi) is 2.97. The molecular formula is C12H21N3S. The average Bonchev–Trinajstić information content (AvgIpc) is 2.69. The summed E-state index contributed by atoms with van der Waals surface area (Å²) in [6.07, 6.45) is 1.25. The molecule has 0 radical (unpaired) electrons. The molecule has 4 heteroatoms. The van der Waals surface area contributed by atoms with Crippen LogP contribution in [0.25, 0.3) is 0 Å². The second kappa shape index (κ2) is 4.00. The van der Waals surface area contributed by atoms with Crippen molar-refractivity contribution in [2.45, 2.75) is 40.2 Å². The van der Waals surface area contributed by atoms with Crippen LogP contribution >= 0.6 is 11.3 Å². The fourth-order valence-corrected chi connectivity index (χ4v) is 3.27. The minimum Gasteiger partial charge on any atom is -0.348 e. The fourth-order valence-electron chi connectivity index (χ4n) is 2.23. The van der Waals surface area contributed by atoms with Crippen LogP contribution in [0.5, 0.6) is 0 Å². The van der Waals surface area contributed by atoms with Gasteiger partial charge in [-0.3, -0.25) is 0 Å². The maximum absolute atomic E-state index is 5.93. The van der Waals surface area contributed by atoms with E-state index in [0.717, 1.165) is 23.9 Å². The van der Waals surface area contributed by atoms with Crippen molar-refractivity contribution >= 4 is 16.5 Å². The number of aryl methyl sites for hydroxylation is 1. The molecule has 1 aromatic heterocycles. The molecule has 0 aromatic carbocycles. The second-order valence-electron chi connectivity index (χ2n) is 5.57. The molecule has 90 valence electrons. The molecule has 1 aliphatic heterocycles. The van der Waals surface area contributed by atoms with Gasteiger partial charge in [0, 0.05) is 24.0 Å². The monoisotopic (exact) mass is 239 g/mol. The number of aromatic nitrogens is 1. The summed E-state index contributed by atoms with van der Waals surface area (Å²) < 4.78 is 0. The zero-order valence-electron chi connectivity index (χ0n) is 10.6. The van der Waals surface area contributed by atoms with E-state index in [9.17, 15) is 0 Å². The number of thiazole rings is 1. The third-order valence-corrected chi connectivity index (χ3v) is 4.60. The van der Waals surface area contributed by atoms with E-state index < -0.39 is 0 Å². The lowest BCUT2D eigenvalue weighted by Gasteiger charge is -2.18. The van der Waals surface area contributed by atoms with Gasteiger partial charge in [-0.05, 0) is 25.7 Å². The smallest absolute Gasteiger partial charge is 0.185 e. The number of rotatable bonds is 2. The predicted octanol–water partition coefficient (Wildman–Crippen LogP) is 2.71. The summed E-state index contributed by atoms with van der Waals surface area (Å²) in [5.74, 6) is 0. The van der Waals surface area contributed by atoms with Gasteiger partial charge >= 0.3 is 0 Å². The van der Waals surface area contributed by atoms with Crippen molar-refractivity contribution in [3.8, 4) is 0 Å². The summed E-state index contributed by atoms with van der Waals surface area (Å²) in [7, 11) is 0. The first-order valence-corrected chi connectivity index (χ1v) is 6.68. The van der Waals surface area contributed by atoms with Crippen LogP contribution in [-0.4, -0.2) is 18.1 Å². The summed E-state index contributed by atoms with van der Waals surface area (Å²) in [6.45, 7) is 11.0. The zero-order chi connectivity index (χ0) is 11.9. The predicted molar refractivity (Wildman–Crippen MR) is 70.1 cm³/mol. The topological polar surface area (TPSA) is 42.2 Å². The van der Waals surface area contributed by atoms with E-state index >= 15 is 0 Å². The first kappa shape index (κ1) is 11.9. The van der Waals surface area contributed by atoms with E-state index in [4.69, 9.17) is 5.73 Å². The van der Waals surface area contributed by atoms with Crippen LogP contribution in [0.15, 0.2) is 0 Å². The number of anilines is 1. The number of hydrogen-bond donors (Lipinski definition) is 1. The van der Waals surface area contributed by atoms with Gasteiger partial charge in [-0.15, -0.1) is 11.3 Å². The quantitative estimate of drug-likeness (QED) is 0.863. The first-order chi connectivity index (χ1) is 7.39. The average molecular weight is 239 g/mol. The number of nitrogens with zero attached hydrogens (tertiary/aromatic N) is 2. The molecule has 1 atom stereocenters. The lowest BCUT2D eigenvalue weighted by molar-refractivity contribution is 0.418. The highest BCUT2D eigenvalue weighted by Crippen LogP contribution is 2.36. The van der Waals surface area contributed by atoms with Gasteiger partial charge in [-0.1, -0.05) is 13.8 Å². The molecule has 0 aliphatic carbocycles. The Bertz CT molecular complexity index is 382. The molecule has 2 N–H and O–H groups in total. The molecule has 16 heavy (non-hydrogen) atoms. The van der Waals surface area contributed by atoms with Crippen LogP contribution in [0, 0.1) is 12.3 Å². The van der Waals surface area contributed by atoms with E-state index in [0.29, 0.717) is 5.41 Å². The summed E-state index contributed by atoms with van der Waals surface area (Å²) in [5, 5.41) is 1.15. The summed E-state index contributed by atoms with van der Waals surface area (Å²) >= 11 is 1.76. The SMILES string of the molecule is Cc1nc(N2CCC(C)(C)C2)sc1C(C)N. The van der Waals surface area contributed by atoms with Crippen molar-refractivity contribution in [3.63, 3.8) is 0 Å². The highest BCUT2D eigenvalue weighted by Gasteiger charge is 2.31. The van der Waals surface area contributed by atoms with E-state index in [1.54, 1.807) is 11.3 Å². The molecule has 2 rings (SSSR count). The van der Waals surface area contributed by atoms with Gasteiger partial charge < -0.3 is 10.6 Å². The Balaban J connectivity index is 2.20. The molecule has 3 nitrogen and oxygen atoms in total. The van der Waals surface area contributed by atoms with Crippen molar-refractivity contribution in [1.29, 1.82) is 0 Å². The van der Waals surface area contributed by atoms with Crippen molar-refractivity contribution < 1.29 is 0 Å². The first-order valence-electron chi connectivity index (χ1n) is 5.87. The molecule has 2 heterocycles. The van der Waals surface area contributed by atoms with E-state index in [-0.39, 0.29) is 6.04 Å². The van der Waals surface area contributed by atoms with Crippen LogP contribution in [0.2, 0.25) is 0 Å². The Morgan fingerprint density at radius 1 is 1.50 bits per heavy atom. The normalized spacial score (nSPS) is 21.4. The molecular weight excluding hydrogens is 218 g/mol. The third-order valence-electron chi connectivity index (χ3n) is 3.18. The molecule has 1 fully saturated rings. The molecule has 0 spiro atoms. The lowest BCUT2D eigenvalue weighted by atomic mass is 9.93. The molecule has 1 aliphatic rings. The van der Waals surface area contributed by atoms with E-state index in [2.05, 4.69) is 30.7 Å². The fraction of sp³-hybridized carbons (Fsp3) is 0.750. The molecule has 0 amide bonds. The summed E-state index contributed by atoms with van der Waals surface area (Å²) in [4.78, 5) is 8.26. The maximum Gasteiger partial charge on any atom is 0.185 e. The maximum atomic E-state index is 5.93. The van der Waals surface area contributed by atoms with Crippen molar-refractivity contribution in [2.24, 2.45) is 11.1 Å². The third kappa shape index (κ3) is 2.23. The van der Waals surface area contributed by atoms with Gasteiger partial charge in [0.2, 0.25) is 0 Å². The Hall–Kier alpha value is -0.610. The van der Waals surface area contributed by atoms with E-state index in [1.165, 1.54) is 11.3 Å². The lowest BCUT2D eigenvalue weighted by Crippen LogP contribution is -2.22.